The van der Waals surface area contributed by atoms with Gasteiger partial charge in [0.1, 0.15) is 18.0 Å². The maximum Gasteiger partial charge on any atom is 0.416 e. The first kappa shape index (κ1) is 18.1. The summed E-state index contributed by atoms with van der Waals surface area (Å²) in [6.45, 7) is 1.95. The molecule has 28 heavy (non-hydrogen) atoms. The molecule has 0 fully saturated rings. The number of fused-ring (bicyclic) bond motifs is 3. The van der Waals surface area contributed by atoms with Gasteiger partial charge in [-0.25, -0.2) is 9.48 Å². The van der Waals surface area contributed by atoms with Crippen molar-refractivity contribution in [2.45, 2.75) is 19.7 Å². The first-order chi connectivity index (χ1) is 13.4. The van der Waals surface area contributed by atoms with Crippen LogP contribution in [0.4, 0.5) is 13.2 Å². The van der Waals surface area contributed by atoms with Crippen LogP contribution in [0.15, 0.2) is 48.5 Å². The molecule has 1 aliphatic heterocycles. The lowest BCUT2D eigenvalue weighted by molar-refractivity contribution is -0.137. The van der Waals surface area contributed by atoms with Crippen molar-refractivity contribution in [3.63, 3.8) is 0 Å². The van der Waals surface area contributed by atoms with Gasteiger partial charge < -0.3 is 9.47 Å². The van der Waals surface area contributed by atoms with Crippen LogP contribution in [0, 0.1) is 0 Å². The Hall–Kier alpha value is -3.29. The van der Waals surface area contributed by atoms with E-state index < -0.39 is 17.7 Å². The quantitative estimate of drug-likeness (QED) is 0.614. The van der Waals surface area contributed by atoms with Crippen molar-refractivity contribution in [1.82, 2.24) is 9.78 Å². The summed E-state index contributed by atoms with van der Waals surface area (Å²) in [5, 5.41) is 4.40. The molecular formula is C20H15F3N2O3. The van der Waals surface area contributed by atoms with Gasteiger partial charge in [0.05, 0.1) is 17.9 Å². The van der Waals surface area contributed by atoms with Gasteiger partial charge in [-0.05, 0) is 36.8 Å². The molecule has 0 saturated carbocycles. The molecule has 2 aromatic carbocycles. The zero-order chi connectivity index (χ0) is 19.9. The minimum Gasteiger partial charge on any atom is -0.485 e. The summed E-state index contributed by atoms with van der Waals surface area (Å²) in [7, 11) is 0. The second-order valence-electron chi connectivity index (χ2n) is 6.13. The average molecular weight is 388 g/mol. The van der Waals surface area contributed by atoms with E-state index in [0.29, 0.717) is 28.3 Å². The highest BCUT2D eigenvalue weighted by molar-refractivity contribution is 5.96. The highest BCUT2D eigenvalue weighted by Gasteiger charge is 2.32. The van der Waals surface area contributed by atoms with Gasteiger partial charge in [0.25, 0.3) is 0 Å². The zero-order valence-electron chi connectivity index (χ0n) is 14.8. The molecule has 144 valence electrons. The number of aromatic nitrogens is 2. The number of carbonyl (C=O) groups excluding carboxylic acids is 1. The van der Waals surface area contributed by atoms with Crippen molar-refractivity contribution in [3.8, 4) is 22.6 Å². The summed E-state index contributed by atoms with van der Waals surface area (Å²) in [6.07, 6.45) is -4.44. The summed E-state index contributed by atoms with van der Waals surface area (Å²) >= 11 is 0. The van der Waals surface area contributed by atoms with Gasteiger partial charge in [0.2, 0.25) is 0 Å². The minimum atomic E-state index is -4.44. The summed E-state index contributed by atoms with van der Waals surface area (Å²) in [6, 6.07) is 11.8. The van der Waals surface area contributed by atoms with E-state index in [2.05, 4.69) is 5.10 Å². The lowest BCUT2D eigenvalue weighted by Gasteiger charge is -2.19. The van der Waals surface area contributed by atoms with Crippen LogP contribution >= 0.6 is 0 Å². The summed E-state index contributed by atoms with van der Waals surface area (Å²) in [4.78, 5) is 12.5. The Morgan fingerprint density at radius 1 is 1.18 bits per heavy atom. The van der Waals surface area contributed by atoms with Crippen molar-refractivity contribution in [3.05, 3.63) is 65.5 Å². The second-order valence-corrected chi connectivity index (χ2v) is 6.13. The number of para-hydroxylation sites is 2. The fraction of sp³-hybridized carbons (Fsp3) is 0.200. The topological polar surface area (TPSA) is 53.3 Å². The van der Waals surface area contributed by atoms with E-state index in [-0.39, 0.29) is 18.9 Å². The molecule has 0 N–H and O–H groups in total. The first-order valence-corrected chi connectivity index (χ1v) is 8.59. The molecule has 3 aromatic rings. The lowest BCUT2D eigenvalue weighted by Crippen LogP contribution is -2.13. The standard InChI is InChI=1S/C20H15F3N2O3/c1-2-27-19(26)18-17(12-7-9-13(10-8-12)20(21,22)23)15-11-28-16-6-4-3-5-14(16)25(15)24-18/h3-10H,2,11H2,1H3. The number of esters is 1. The largest absolute Gasteiger partial charge is 0.485 e. The van der Waals surface area contributed by atoms with Crippen LogP contribution in [0.2, 0.25) is 0 Å². The van der Waals surface area contributed by atoms with Crippen LogP contribution in [0.25, 0.3) is 16.8 Å². The lowest BCUT2D eigenvalue weighted by atomic mass is 10.0. The Morgan fingerprint density at radius 2 is 1.89 bits per heavy atom. The van der Waals surface area contributed by atoms with Crippen molar-refractivity contribution >= 4 is 5.97 Å². The van der Waals surface area contributed by atoms with Crippen molar-refractivity contribution in [1.29, 1.82) is 0 Å². The maximum absolute atomic E-state index is 12.9. The number of halogens is 3. The third-order valence-corrected chi connectivity index (χ3v) is 4.41. The predicted molar refractivity (Wildman–Crippen MR) is 94.3 cm³/mol. The molecule has 4 rings (SSSR count). The number of hydrogen-bond acceptors (Lipinski definition) is 4. The Morgan fingerprint density at radius 3 is 2.57 bits per heavy atom. The molecule has 5 nitrogen and oxygen atoms in total. The molecule has 0 spiro atoms. The van der Waals surface area contributed by atoms with Crippen LogP contribution in [-0.2, 0) is 17.5 Å². The van der Waals surface area contributed by atoms with Gasteiger partial charge in [-0.3, -0.25) is 0 Å². The zero-order valence-corrected chi connectivity index (χ0v) is 14.8. The molecule has 0 amide bonds. The van der Waals surface area contributed by atoms with E-state index in [4.69, 9.17) is 9.47 Å². The van der Waals surface area contributed by atoms with E-state index in [1.807, 2.05) is 6.07 Å². The normalized spacial score (nSPS) is 12.7. The van der Waals surface area contributed by atoms with Crippen molar-refractivity contribution < 1.29 is 27.4 Å². The Kier molecular flexibility index (Phi) is 4.33. The monoisotopic (exact) mass is 388 g/mol. The number of carbonyl (C=O) groups is 1. The van der Waals surface area contributed by atoms with Crippen LogP contribution < -0.4 is 4.74 Å². The van der Waals surface area contributed by atoms with Gasteiger partial charge in [-0.2, -0.15) is 18.3 Å². The molecule has 8 heteroatoms. The van der Waals surface area contributed by atoms with E-state index >= 15 is 0 Å². The van der Waals surface area contributed by atoms with E-state index in [1.54, 1.807) is 29.8 Å². The number of benzene rings is 2. The molecule has 0 unspecified atom stereocenters. The molecule has 0 saturated heterocycles. The number of alkyl halides is 3. The first-order valence-electron chi connectivity index (χ1n) is 8.59. The molecule has 1 aliphatic rings. The summed E-state index contributed by atoms with van der Waals surface area (Å²) in [5.74, 6) is -0.0383. The van der Waals surface area contributed by atoms with Gasteiger partial charge in [-0.1, -0.05) is 24.3 Å². The van der Waals surface area contributed by atoms with Crippen LogP contribution in [0.3, 0.4) is 0 Å². The molecule has 0 radical (unpaired) electrons. The van der Waals surface area contributed by atoms with Gasteiger partial charge in [-0.15, -0.1) is 0 Å². The van der Waals surface area contributed by atoms with Crippen LogP contribution in [-0.4, -0.2) is 22.4 Å². The molecule has 0 atom stereocenters. The highest BCUT2D eigenvalue weighted by Crippen LogP contribution is 2.38. The fourth-order valence-electron chi connectivity index (χ4n) is 3.16. The van der Waals surface area contributed by atoms with Crippen LogP contribution in [0.5, 0.6) is 5.75 Å². The Balaban J connectivity index is 1.89. The van der Waals surface area contributed by atoms with Gasteiger partial charge in [0, 0.05) is 5.56 Å². The SMILES string of the molecule is CCOC(=O)c1nn2c(c1-c1ccc(C(F)(F)F)cc1)COc1ccccc1-2. The van der Waals surface area contributed by atoms with E-state index in [1.165, 1.54) is 12.1 Å². The highest BCUT2D eigenvalue weighted by atomic mass is 19.4. The molecule has 0 bridgehead atoms. The number of ether oxygens (including phenoxy) is 2. The van der Waals surface area contributed by atoms with E-state index in [0.717, 1.165) is 12.1 Å². The Bertz CT molecular complexity index is 1040. The van der Waals surface area contributed by atoms with Gasteiger partial charge >= 0.3 is 12.1 Å². The molecule has 2 heterocycles. The minimum absolute atomic E-state index is 0.0388. The molecule has 0 aliphatic carbocycles. The van der Waals surface area contributed by atoms with E-state index in [9.17, 15) is 18.0 Å². The third kappa shape index (κ3) is 3.00. The molecule has 1 aromatic heterocycles. The summed E-state index contributed by atoms with van der Waals surface area (Å²) in [5.41, 5.74) is 1.32. The number of hydrogen-bond donors (Lipinski definition) is 0. The number of rotatable bonds is 3. The smallest absolute Gasteiger partial charge is 0.416 e. The fourth-order valence-corrected chi connectivity index (χ4v) is 3.16. The second kappa shape index (κ2) is 6.70. The van der Waals surface area contributed by atoms with Gasteiger partial charge in [0.15, 0.2) is 5.69 Å². The predicted octanol–water partition coefficient (Wildman–Crippen LogP) is 4.63. The Labute approximate surface area is 158 Å². The maximum atomic E-state index is 12.9. The van der Waals surface area contributed by atoms with Crippen LogP contribution in [0.1, 0.15) is 28.7 Å². The molecular weight excluding hydrogens is 373 g/mol. The van der Waals surface area contributed by atoms with Crippen molar-refractivity contribution in [2.75, 3.05) is 6.61 Å². The number of nitrogens with zero attached hydrogens (tertiary/aromatic N) is 2. The van der Waals surface area contributed by atoms with Crippen molar-refractivity contribution in [2.24, 2.45) is 0 Å². The third-order valence-electron chi connectivity index (χ3n) is 4.41. The summed E-state index contributed by atoms with van der Waals surface area (Å²) < 4.78 is 51.1. The average Bonchev–Trinajstić information content (AvgIpc) is 3.08.